The largest absolute Gasteiger partial charge is 0.333 e. The molecule has 0 aliphatic heterocycles. The van der Waals surface area contributed by atoms with E-state index in [0.717, 1.165) is 17.8 Å². The Kier molecular flexibility index (Phi) is 3.25. The average Bonchev–Trinajstić information content (AvgIpc) is 3.17. The zero-order valence-electron chi connectivity index (χ0n) is 10.6. The minimum atomic E-state index is 0.452. The Labute approximate surface area is 111 Å². The highest BCUT2D eigenvalue weighted by molar-refractivity contribution is 5.25. The highest BCUT2D eigenvalue weighted by atomic mass is 15.1. The van der Waals surface area contributed by atoms with Crippen molar-refractivity contribution in [3.63, 3.8) is 0 Å². The second-order valence-corrected chi connectivity index (χ2v) is 4.85. The Morgan fingerprint density at radius 2 is 2.32 bits per heavy atom. The quantitative estimate of drug-likeness (QED) is 0.875. The fourth-order valence-electron chi connectivity index (χ4n) is 1.97. The van der Waals surface area contributed by atoms with Gasteiger partial charge in [-0.25, -0.2) is 9.97 Å². The van der Waals surface area contributed by atoms with Crippen LogP contribution in [0, 0.1) is 11.3 Å². The lowest BCUT2D eigenvalue weighted by Crippen LogP contribution is -2.15. The molecule has 3 rings (SSSR count). The van der Waals surface area contributed by atoms with Gasteiger partial charge >= 0.3 is 0 Å². The van der Waals surface area contributed by atoms with Crippen molar-refractivity contribution in [3.05, 3.63) is 47.8 Å². The molecule has 2 aromatic rings. The van der Waals surface area contributed by atoms with Crippen LogP contribution in [0.1, 0.15) is 29.8 Å². The summed E-state index contributed by atoms with van der Waals surface area (Å²) in [4.78, 5) is 8.34. The molecule has 0 amide bonds. The van der Waals surface area contributed by atoms with E-state index in [1.54, 1.807) is 6.20 Å². The first-order chi connectivity index (χ1) is 9.33. The minimum absolute atomic E-state index is 0.452. The molecule has 0 radical (unpaired) electrons. The topological polar surface area (TPSA) is 66.5 Å². The maximum absolute atomic E-state index is 8.82. The predicted molar refractivity (Wildman–Crippen MR) is 70.1 cm³/mol. The van der Waals surface area contributed by atoms with Crippen molar-refractivity contribution in [2.45, 2.75) is 32.0 Å². The molecule has 0 aromatic carbocycles. The molecule has 1 saturated carbocycles. The van der Waals surface area contributed by atoms with E-state index in [2.05, 4.69) is 21.4 Å². The molecule has 0 saturated heterocycles. The van der Waals surface area contributed by atoms with Crippen LogP contribution < -0.4 is 5.32 Å². The molecule has 19 heavy (non-hydrogen) atoms. The summed E-state index contributed by atoms with van der Waals surface area (Å²) in [5.74, 6) is 0. The SMILES string of the molecule is N#Cc1cc(Cn2cnc(CNC3CC3)c2)ccn1. The van der Waals surface area contributed by atoms with Crippen molar-refractivity contribution in [2.24, 2.45) is 0 Å². The van der Waals surface area contributed by atoms with Gasteiger partial charge in [0.1, 0.15) is 11.8 Å². The van der Waals surface area contributed by atoms with E-state index >= 15 is 0 Å². The van der Waals surface area contributed by atoms with E-state index in [1.165, 1.54) is 12.8 Å². The zero-order chi connectivity index (χ0) is 13.1. The number of hydrogen-bond acceptors (Lipinski definition) is 4. The highest BCUT2D eigenvalue weighted by Gasteiger charge is 2.20. The van der Waals surface area contributed by atoms with Crippen LogP contribution >= 0.6 is 0 Å². The number of imidazole rings is 1. The number of pyridine rings is 1. The van der Waals surface area contributed by atoms with Gasteiger partial charge in [-0.15, -0.1) is 0 Å². The normalized spacial score (nSPS) is 14.3. The molecule has 0 bridgehead atoms. The molecule has 2 aromatic heterocycles. The van der Waals surface area contributed by atoms with E-state index in [1.807, 2.05) is 29.2 Å². The van der Waals surface area contributed by atoms with Crippen LogP contribution in [0.25, 0.3) is 0 Å². The number of nitrogens with zero attached hydrogens (tertiary/aromatic N) is 4. The lowest BCUT2D eigenvalue weighted by atomic mass is 10.2. The van der Waals surface area contributed by atoms with Crippen molar-refractivity contribution in [3.8, 4) is 6.07 Å². The second kappa shape index (κ2) is 5.21. The summed E-state index contributed by atoms with van der Waals surface area (Å²) in [6, 6.07) is 6.48. The van der Waals surface area contributed by atoms with E-state index in [-0.39, 0.29) is 0 Å². The summed E-state index contributed by atoms with van der Waals surface area (Å²) in [6.45, 7) is 1.55. The summed E-state index contributed by atoms with van der Waals surface area (Å²) in [5, 5.41) is 12.3. The van der Waals surface area contributed by atoms with Gasteiger partial charge in [0.2, 0.25) is 0 Å². The van der Waals surface area contributed by atoms with E-state index < -0.39 is 0 Å². The number of rotatable bonds is 5. The van der Waals surface area contributed by atoms with Crippen molar-refractivity contribution in [1.82, 2.24) is 19.9 Å². The fourth-order valence-corrected chi connectivity index (χ4v) is 1.97. The molecule has 1 aliphatic rings. The van der Waals surface area contributed by atoms with E-state index in [0.29, 0.717) is 18.3 Å². The van der Waals surface area contributed by atoms with Gasteiger partial charge in [-0.2, -0.15) is 5.26 Å². The van der Waals surface area contributed by atoms with Gasteiger partial charge in [0.15, 0.2) is 0 Å². The zero-order valence-corrected chi connectivity index (χ0v) is 10.6. The molecule has 0 atom stereocenters. The third kappa shape index (κ3) is 3.18. The third-order valence-corrected chi connectivity index (χ3v) is 3.14. The molecule has 2 heterocycles. The number of nitriles is 1. The maximum atomic E-state index is 8.82. The molecule has 1 fully saturated rings. The Balaban J connectivity index is 1.63. The van der Waals surface area contributed by atoms with Gasteiger partial charge in [0.25, 0.3) is 0 Å². The summed E-state index contributed by atoms with van der Waals surface area (Å²) in [5.41, 5.74) is 2.57. The standard InChI is InChI=1S/C14H15N5/c15-6-13-5-11(3-4-16-13)8-19-9-14(18-10-19)7-17-12-1-2-12/h3-5,9-10,12,17H,1-2,7-8H2. The molecule has 0 spiro atoms. The summed E-state index contributed by atoms with van der Waals surface area (Å²) in [6.07, 6.45) is 8.11. The average molecular weight is 253 g/mol. The lowest BCUT2D eigenvalue weighted by Gasteiger charge is -2.02. The Hall–Kier alpha value is -2.19. The highest BCUT2D eigenvalue weighted by Crippen LogP contribution is 2.19. The first-order valence-corrected chi connectivity index (χ1v) is 6.42. The van der Waals surface area contributed by atoms with Gasteiger partial charge < -0.3 is 9.88 Å². The molecular weight excluding hydrogens is 238 g/mol. The van der Waals surface area contributed by atoms with Gasteiger partial charge in [-0.05, 0) is 30.5 Å². The number of aromatic nitrogens is 3. The molecule has 5 nitrogen and oxygen atoms in total. The minimum Gasteiger partial charge on any atom is -0.333 e. The lowest BCUT2D eigenvalue weighted by molar-refractivity contribution is 0.676. The smallest absolute Gasteiger partial charge is 0.140 e. The predicted octanol–water partition coefficient (Wildman–Crippen LogP) is 1.45. The molecule has 1 aliphatic carbocycles. The fraction of sp³-hybridized carbons (Fsp3) is 0.357. The molecule has 0 unspecified atom stereocenters. The van der Waals surface area contributed by atoms with Crippen LogP contribution in [0.5, 0.6) is 0 Å². The first kappa shape index (κ1) is 11.9. The van der Waals surface area contributed by atoms with Gasteiger partial charge in [0, 0.05) is 31.5 Å². The van der Waals surface area contributed by atoms with Crippen LogP contribution in [0.2, 0.25) is 0 Å². The van der Waals surface area contributed by atoms with Crippen LogP contribution in [-0.2, 0) is 13.1 Å². The first-order valence-electron chi connectivity index (χ1n) is 6.42. The van der Waals surface area contributed by atoms with Crippen LogP contribution in [0.15, 0.2) is 30.9 Å². The Morgan fingerprint density at radius 1 is 1.42 bits per heavy atom. The molecular formula is C14H15N5. The monoisotopic (exact) mass is 253 g/mol. The van der Waals surface area contributed by atoms with E-state index in [9.17, 15) is 0 Å². The van der Waals surface area contributed by atoms with Crippen molar-refractivity contribution >= 4 is 0 Å². The van der Waals surface area contributed by atoms with Gasteiger partial charge in [0.05, 0.1) is 12.0 Å². The van der Waals surface area contributed by atoms with Crippen LogP contribution in [0.3, 0.4) is 0 Å². The van der Waals surface area contributed by atoms with Crippen molar-refractivity contribution in [2.75, 3.05) is 0 Å². The third-order valence-electron chi connectivity index (χ3n) is 3.14. The van der Waals surface area contributed by atoms with Gasteiger partial charge in [-0.3, -0.25) is 0 Å². The molecule has 1 N–H and O–H groups in total. The van der Waals surface area contributed by atoms with Crippen LogP contribution in [-0.4, -0.2) is 20.6 Å². The summed E-state index contributed by atoms with van der Waals surface area (Å²) >= 11 is 0. The van der Waals surface area contributed by atoms with Gasteiger partial charge in [-0.1, -0.05) is 0 Å². The second-order valence-electron chi connectivity index (χ2n) is 4.85. The maximum Gasteiger partial charge on any atom is 0.140 e. The van der Waals surface area contributed by atoms with Crippen LogP contribution in [0.4, 0.5) is 0 Å². The Bertz CT molecular complexity index is 606. The Morgan fingerprint density at radius 3 is 3.11 bits per heavy atom. The number of nitrogens with one attached hydrogen (secondary N) is 1. The van der Waals surface area contributed by atoms with Crippen molar-refractivity contribution in [1.29, 1.82) is 5.26 Å². The summed E-state index contributed by atoms with van der Waals surface area (Å²) < 4.78 is 2.03. The number of hydrogen-bond donors (Lipinski definition) is 1. The molecule has 5 heteroatoms. The van der Waals surface area contributed by atoms with E-state index in [4.69, 9.17) is 5.26 Å². The summed E-state index contributed by atoms with van der Waals surface area (Å²) in [7, 11) is 0. The van der Waals surface area contributed by atoms with Crippen molar-refractivity contribution < 1.29 is 0 Å². The molecule has 96 valence electrons.